The number of rotatable bonds is 8. The first kappa shape index (κ1) is 24.9. The van der Waals surface area contributed by atoms with E-state index in [1.54, 1.807) is 24.1 Å². The van der Waals surface area contributed by atoms with E-state index in [2.05, 4.69) is 23.9 Å². The summed E-state index contributed by atoms with van der Waals surface area (Å²) in [5.74, 6) is 0.164. The second-order valence-corrected chi connectivity index (χ2v) is 10.7. The van der Waals surface area contributed by atoms with Gasteiger partial charge in [-0.15, -0.1) is 0 Å². The van der Waals surface area contributed by atoms with Crippen LogP contribution >= 0.6 is 0 Å². The van der Waals surface area contributed by atoms with Crippen molar-refractivity contribution in [3.05, 3.63) is 35.6 Å². The van der Waals surface area contributed by atoms with Gasteiger partial charge in [0.1, 0.15) is 12.4 Å². The molecule has 1 spiro atoms. The molecule has 0 atom stereocenters. The number of carbonyl (C=O) groups excluding carboxylic acids is 2. The molecular formula is C26H39FN4O3. The Kier molecular flexibility index (Phi) is 7.20. The summed E-state index contributed by atoms with van der Waals surface area (Å²) >= 11 is 0. The van der Waals surface area contributed by atoms with Crippen LogP contribution in [-0.2, 0) is 10.3 Å². The maximum absolute atomic E-state index is 14.1. The first-order chi connectivity index (χ1) is 16.2. The molecule has 0 unspecified atom stereocenters. The van der Waals surface area contributed by atoms with Crippen LogP contribution in [0.3, 0.4) is 0 Å². The molecule has 34 heavy (non-hydrogen) atoms. The van der Waals surface area contributed by atoms with Crippen LogP contribution in [-0.4, -0.2) is 96.1 Å². The first-order valence-corrected chi connectivity index (χ1v) is 12.6. The third-order valence-electron chi connectivity index (χ3n) is 8.64. The van der Waals surface area contributed by atoms with E-state index in [1.807, 2.05) is 6.07 Å². The first-order valence-electron chi connectivity index (χ1n) is 12.6. The number of aliphatic hydroxyl groups is 1. The smallest absolute Gasteiger partial charge is 0.321 e. The predicted molar refractivity (Wildman–Crippen MR) is 129 cm³/mol. The minimum Gasteiger partial charge on any atom is -0.395 e. The molecule has 0 radical (unpaired) electrons. The van der Waals surface area contributed by atoms with E-state index in [0.29, 0.717) is 12.5 Å². The highest BCUT2D eigenvalue weighted by atomic mass is 19.1. The van der Waals surface area contributed by atoms with Crippen LogP contribution in [0, 0.1) is 11.7 Å². The highest BCUT2D eigenvalue weighted by Crippen LogP contribution is 2.49. The van der Waals surface area contributed by atoms with Crippen molar-refractivity contribution in [1.29, 1.82) is 0 Å². The van der Waals surface area contributed by atoms with Gasteiger partial charge in [0.25, 0.3) is 0 Å². The monoisotopic (exact) mass is 474 g/mol. The third-order valence-corrected chi connectivity index (χ3v) is 8.64. The van der Waals surface area contributed by atoms with Crippen molar-refractivity contribution in [2.75, 3.05) is 53.9 Å². The lowest BCUT2D eigenvalue weighted by atomic mass is 9.68. The fourth-order valence-electron chi connectivity index (χ4n) is 6.10. The minimum absolute atomic E-state index is 0.0410. The van der Waals surface area contributed by atoms with Crippen LogP contribution in [0.1, 0.15) is 50.5 Å². The van der Waals surface area contributed by atoms with E-state index in [-0.39, 0.29) is 48.5 Å². The number of aliphatic hydroxyl groups excluding tert-OH is 1. The van der Waals surface area contributed by atoms with Crippen molar-refractivity contribution in [2.24, 2.45) is 5.92 Å². The number of hydrogen-bond acceptors (Lipinski definition) is 4. The normalized spacial score (nSPS) is 27.5. The van der Waals surface area contributed by atoms with Gasteiger partial charge in [0.05, 0.1) is 12.1 Å². The van der Waals surface area contributed by atoms with Crippen molar-refractivity contribution >= 4 is 11.9 Å². The Morgan fingerprint density at radius 2 is 1.88 bits per heavy atom. The molecule has 2 aliphatic carbocycles. The summed E-state index contributed by atoms with van der Waals surface area (Å²) in [6.07, 6.45) is 6.81. The summed E-state index contributed by atoms with van der Waals surface area (Å²) in [6.45, 7) is 1.51. The van der Waals surface area contributed by atoms with Crippen LogP contribution in [0.4, 0.5) is 9.18 Å². The number of carbonyl (C=O) groups is 2. The van der Waals surface area contributed by atoms with Crippen LogP contribution < -0.4 is 0 Å². The maximum atomic E-state index is 14.1. The molecule has 1 saturated heterocycles. The lowest BCUT2D eigenvalue weighted by molar-refractivity contribution is -0.130. The second kappa shape index (κ2) is 9.82. The van der Waals surface area contributed by atoms with Gasteiger partial charge in [-0.1, -0.05) is 18.6 Å². The molecule has 4 rings (SSSR count). The number of nitrogens with zero attached hydrogens (tertiary/aromatic N) is 4. The SMILES string of the molecule is CN(CCO)C(=O)CN1CC2(CCC(c3cccc(F)c3)(N(C)C)CC2)N(CC2CCC2)C1=O. The van der Waals surface area contributed by atoms with Gasteiger partial charge in [-0.3, -0.25) is 9.69 Å². The Hall–Kier alpha value is -2.19. The van der Waals surface area contributed by atoms with Gasteiger partial charge in [-0.2, -0.15) is 0 Å². The molecule has 2 saturated carbocycles. The van der Waals surface area contributed by atoms with E-state index < -0.39 is 0 Å². The second-order valence-electron chi connectivity index (χ2n) is 10.7. The van der Waals surface area contributed by atoms with E-state index in [4.69, 9.17) is 5.11 Å². The summed E-state index contributed by atoms with van der Waals surface area (Å²) < 4.78 is 14.1. The Morgan fingerprint density at radius 3 is 2.44 bits per heavy atom. The summed E-state index contributed by atoms with van der Waals surface area (Å²) in [5.41, 5.74) is 0.415. The molecule has 1 N–H and O–H groups in total. The average Bonchev–Trinajstić information content (AvgIpc) is 3.01. The molecule has 3 aliphatic rings. The van der Waals surface area contributed by atoms with Gasteiger partial charge in [0.15, 0.2) is 0 Å². The number of halogens is 1. The lowest BCUT2D eigenvalue weighted by Gasteiger charge is -2.51. The molecule has 3 amide bonds. The van der Waals surface area contributed by atoms with Crippen molar-refractivity contribution in [3.63, 3.8) is 0 Å². The zero-order chi connectivity index (χ0) is 24.5. The number of amides is 3. The molecule has 188 valence electrons. The molecule has 8 heteroatoms. The summed E-state index contributed by atoms with van der Waals surface area (Å²) in [4.78, 5) is 33.7. The molecule has 1 aromatic carbocycles. The molecule has 1 aromatic rings. The zero-order valence-corrected chi connectivity index (χ0v) is 20.8. The van der Waals surface area contributed by atoms with Crippen molar-refractivity contribution < 1.29 is 19.1 Å². The van der Waals surface area contributed by atoms with Crippen LogP contribution in [0.25, 0.3) is 0 Å². The molecule has 3 fully saturated rings. The fourth-order valence-corrected chi connectivity index (χ4v) is 6.10. The maximum Gasteiger partial charge on any atom is 0.321 e. The number of likely N-dealkylation sites (N-methyl/N-ethyl adjacent to an activating group) is 1. The van der Waals surface area contributed by atoms with Gasteiger partial charge in [-0.25, -0.2) is 9.18 Å². The van der Waals surface area contributed by atoms with Crippen LogP contribution in [0.15, 0.2) is 24.3 Å². The predicted octanol–water partition coefficient (Wildman–Crippen LogP) is 2.88. The van der Waals surface area contributed by atoms with E-state index in [0.717, 1.165) is 50.6 Å². The summed E-state index contributed by atoms with van der Waals surface area (Å²) in [5, 5.41) is 9.17. The van der Waals surface area contributed by atoms with Crippen LogP contribution in [0.5, 0.6) is 0 Å². The topological polar surface area (TPSA) is 67.3 Å². The summed E-state index contributed by atoms with van der Waals surface area (Å²) in [7, 11) is 5.76. The zero-order valence-electron chi connectivity index (χ0n) is 20.8. The van der Waals surface area contributed by atoms with Crippen LogP contribution in [0.2, 0.25) is 0 Å². The molecule has 1 aliphatic heterocycles. The van der Waals surface area contributed by atoms with E-state index in [1.165, 1.54) is 17.4 Å². The number of urea groups is 1. The number of hydrogen-bond donors (Lipinski definition) is 1. The average molecular weight is 475 g/mol. The summed E-state index contributed by atoms with van der Waals surface area (Å²) in [6, 6.07) is 6.87. The van der Waals surface area contributed by atoms with E-state index in [9.17, 15) is 14.0 Å². The Morgan fingerprint density at radius 1 is 1.18 bits per heavy atom. The highest BCUT2D eigenvalue weighted by molar-refractivity contribution is 5.86. The lowest BCUT2D eigenvalue weighted by Crippen LogP contribution is -2.56. The Bertz CT molecular complexity index is 896. The molecule has 0 aromatic heterocycles. The van der Waals surface area contributed by atoms with Gasteiger partial charge in [-0.05, 0) is 76.2 Å². The van der Waals surface area contributed by atoms with Gasteiger partial charge in [0, 0.05) is 32.2 Å². The largest absolute Gasteiger partial charge is 0.395 e. The van der Waals surface area contributed by atoms with Crippen molar-refractivity contribution in [3.8, 4) is 0 Å². The van der Waals surface area contributed by atoms with Gasteiger partial charge in [0.2, 0.25) is 5.91 Å². The van der Waals surface area contributed by atoms with Crippen molar-refractivity contribution in [1.82, 2.24) is 19.6 Å². The molecule has 1 heterocycles. The highest BCUT2D eigenvalue weighted by Gasteiger charge is 2.55. The number of benzene rings is 1. The Balaban J connectivity index is 1.56. The molecule has 0 bridgehead atoms. The standard InChI is InChI=1S/C26H39FN4O3/c1-28(2)26(21-8-5-9-22(27)16-21)12-10-25(11-13-26)19-30(18-23(33)29(3)14-15-32)24(34)31(25)17-20-6-4-7-20/h5,8-9,16,20,32H,4,6-7,10-15,17-19H2,1-3H3. The Labute approximate surface area is 202 Å². The third kappa shape index (κ3) is 4.54. The minimum atomic E-state index is -0.296. The molecular weight excluding hydrogens is 435 g/mol. The fraction of sp³-hybridized carbons (Fsp3) is 0.692. The van der Waals surface area contributed by atoms with Crippen molar-refractivity contribution in [2.45, 2.75) is 56.0 Å². The molecule has 7 nitrogen and oxygen atoms in total. The quantitative estimate of drug-likeness (QED) is 0.629. The van der Waals surface area contributed by atoms with Gasteiger partial charge < -0.3 is 19.8 Å². The van der Waals surface area contributed by atoms with Gasteiger partial charge >= 0.3 is 6.03 Å². The van der Waals surface area contributed by atoms with E-state index >= 15 is 0 Å².